The Bertz CT molecular complexity index is 2420. The van der Waals surface area contributed by atoms with Crippen LogP contribution in [0.4, 0.5) is 8.78 Å². The van der Waals surface area contributed by atoms with Gasteiger partial charge in [-0.3, -0.25) is 0 Å². The molecule has 0 aliphatic carbocycles. The highest BCUT2D eigenvalue weighted by atomic mass is 19.1. The van der Waals surface area contributed by atoms with Crippen LogP contribution in [0, 0.1) is 23.0 Å². The van der Waals surface area contributed by atoms with Gasteiger partial charge in [-0.05, 0) is 48.0 Å². The summed E-state index contributed by atoms with van der Waals surface area (Å²) in [6.07, 6.45) is 0. The first kappa shape index (κ1) is 28.0. The van der Waals surface area contributed by atoms with E-state index in [0.717, 1.165) is 32.9 Å². The molecule has 0 aliphatic heterocycles. The second kappa shape index (κ2) is 11.4. The van der Waals surface area contributed by atoms with Crippen molar-refractivity contribution in [3.05, 3.63) is 157 Å². The molecule has 0 spiro atoms. The van der Waals surface area contributed by atoms with E-state index >= 15 is 8.78 Å². The number of hydrogen-bond donors (Lipinski definition) is 0. The van der Waals surface area contributed by atoms with Crippen molar-refractivity contribution in [1.82, 2.24) is 19.5 Å². The van der Waals surface area contributed by atoms with Crippen molar-refractivity contribution in [3.63, 3.8) is 0 Å². The van der Waals surface area contributed by atoms with Gasteiger partial charge in [-0.15, -0.1) is 0 Å². The van der Waals surface area contributed by atoms with Gasteiger partial charge >= 0.3 is 0 Å². The van der Waals surface area contributed by atoms with E-state index in [4.69, 9.17) is 15.0 Å². The van der Waals surface area contributed by atoms with Crippen molar-refractivity contribution in [1.29, 1.82) is 5.26 Å². The molecule has 222 valence electrons. The highest BCUT2D eigenvalue weighted by molar-refractivity contribution is 6.10. The van der Waals surface area contributed by atoms with Crippen LogP contribution in [0.1, 0.15) is 5.56 Å². The van der Waals surface area contributed by atoms with Crippen molar-refractivity contribution in [3.8, 4) is 57.0 Å². The van der Waals surface area contributed by atoms with E-state index in [0.29, 0.717) is 39.9 Å². The van der Waals surface area contributed by atoms with E-state index < -0.39 is 11.6 Å². The summed E-state index contributed by atoms with van der Waals surface area (Å²) in [7, 11) is 0. The Hall–Kier alpha value is -6.52. The van der Waals surface area contributed by atoms with Gasteiger partial charge in [-0.1, -0.05) is 97.1 Å². The van der Waals surface area contributed by atoms with Gasteiger partial charge in [0.15, 0.2) is 17.5 Å². The molecule has 2 heterocycles. The largest absolute Gasteiger partial charge is 0.308 e. The van der Waals surface area contributed by atoms with Crippen molar-refractivity contribution >= 4 is 21.8 Å². The Balaban J connectivity index is 1.49. The first-order chi connectivity index (χ1) is 23.1. The van der Waals surface area contributed by atoms with Crippen molar-refractivity contribution < 1.29 is 8.78 Å². The number of hydrogen-bond acceptors (Lipinski definition) is 4. The summed E-state index contributed by atoms with van der Waals surface area (Å²) in [6, 6.07) is 44.1. The van der Waals surface area contributed by atoms with Gasteiger partial charge in [0.25, 0.3) is 0 Å². The normalized spacial score (nSPS) is 11.2. The Morgan fingerprint density at radius 2 is 1.11 bits per heavy atom. The number of para-hydroxylation sites is 1. The molecule has 8 aromatic rings. The maximum Gasteiger partial charge on any atom is 0.166 e. The molecular weight excluding hydrogens is 588 g/mol. The molecule has 0 amide bonds. The molecule has 0 N–H and O–H groups in total. The number of nitriles is 1. The van der Waals surface area contributed by atoms with E-state index in [2.05, 4.69) is 10.6 Å². The minimum absolute atomic E-state index is 0.144. The number of fused-ring (bicyclic) bond motifs is 3. The Morgan fingerprint density at radius 1 is 0.511 bits per heavy atom. The molecule has 8 rings (SSSR count). The number of halogens is 2. The molecule has 0 bridgehead atoms. The standard InChI is InChI=1S/C40H23F2N5/c41-32-15-9-16-33(42)37(32)28-19-21-35(47-34-17-8-7-14-29(34)30-20-18-25(24-43)22-36(30)47)31(23-28)40-45-38(26-10-3-1-4-11-26)44-39(46-40)27-12-5-2-6-13-27/h1-23H. The summed E-state index contributed by atoms with van der Waals surface area (Å²) in [5.74, 6) is -0.114. The Kier molecular flexibility index (Phi) is 6.81. The predicted molar refractivity (Wildman–Crippen MR) is 181 cm³/mol. The zero-order valence-corrected chi connectivity index (χ0v) is 24.8. The van der Waals surface area contributed by atoms with Gasteiger partial charge in [0.2, 0.25) is 0 Å². The first-order valence-electron chi connectivity index (χ1n) is 15.0. The summed E-state index contributed by atoms with van der Waals surface area (Å²) in [5.41, 5.74) is 5.19. The summed E-state index contributed by atoms with van der Waals surface area (Å²) < 4.78 is 32.4. The van der Waals surface area contributed by atoms with Gasteiger partial charge in [0.1, 0.15) is 11.6 Å². The third kappa shape index (κ3) is 4.89. The summed E-state index contributed by atoms with van der Waals surface area (Å²) in [5, 5.41) is 11.8. The molecule has 5 nitrogen and oxygen atoms in total. The Labute approximate surface area is 268 Å². The third-order valence-electron chi connectivity index (χ3n) is 8.23. The third-order valence-corrected chi connectivity index (χ3v) is 8.23. The van der Waals surface area contributed by atoms with E-state index in [-0.39, 0.29) is 5.56 Å². The van der Waals surface area contributed by atoms with Crippen molar-refractivity contribution in [2.24, 2.45) is 0 Å². The van der Waals surface area contributed by atoms with Gasteiger partial charge in [-0.25, -0.2) is 23.7 Å². The average molecular weight is 612 g/mol. The van der Waals surface area contributed by atoms with Gasteiger partial charge in [-0.2, -0.15) is 5.26 Å². The second-order valence-electron chi connectivity index (χ2n) is 11.1. The quantitative estimate of drug-likeness (QED) is 0.194. The van der Waals surface area contributed by atoms with E-state index in [1.165, 1.54) is 18.2 Å². The maximum atomic E-state index is 15.2. The molecular formula is C40H23F2N5. The van der Waals surface area contributed by atoms with Crippen LogP contribution in [-0.4, -0.2) is 19.5 Å². The van der Waals surface area contributed by atoms with E-state index in [1.807, 2.05) is 103 Å². The van der Waals surface area contributed by atoms with Crippen LogP contribution in [0.3, 0.4) is 0 Å². The van der Waals surface area contributed by atoms with Crippen LogP contribution in [0.15, 0.2) is 140 Å². The maximum absolute atomic E-state index is 15.2. The monoisotopic (exact) mass is 611 g/mol. The molecule has 0 aliphatic rings. The molecule has 7 heteroatoms. The fourth-order valence-electron chi connectivity index (χ4n) is 6.07. The summed E-state index contributed by atoms with van der Waals surface area (Å²) in [6.45, 7) is 0. The zero-order chi connectivity index (χ0) is 31.9. The fraction of sp³-hybridized carbons (Fsp3) is 0. The average Bonchev–Trinajstić information content (AvgIpc) is 3.45. The lowest BCUT2D eigenvalue weighted by molar-refractivity contribution is 0.589. The number of nitrogens with zero attached hydrogens (tertiary/aromatic N) is 5. The molecule has 0 unspecified atom stereocenters. The molecule has 0 saturated heterocycles. The topological polar surface area (TPSA) is 67.4 Å². The smallest absolute Gasteiger partial charge is 0.166 e. The van der Waals surface area contributed by atoms with Crippen LogP contribution in [-0.2, 0) is 0 Å². The molecule has 2 aromatic heterocycles. The lowest BCUT2D eigenvalue weighted by atomic mass is 9.99. The van der Waals surface area contributed by atoms with Crippen LogP contribution in [0.2, 0.25) is 0 Å². The van der Waals surface area contributed by atoms with Gasteiger partial charge < -0.3 is 4.57 Å². The highest BCUT2D eigenvalue weighted by Gasteiger charge is 2.22. The van der Waals surface area contributed by atoms with E-state index in [9.17, 15) is 5.26 Å². The second-order valence-corrected chi connectivity index (χ2v) is 11.1. The molecule has 47 heavy (non-hydrogen) atoms. The Morgan fingerprint density at radius 3 is 1.77 bits per heavy atom. The SMILES string of the molecule is N#Cc1ccc2c3ccccc3n(-c3ccc(-c4c(F)cccc4F)cc3-c3nc(-c4ccccc4)nc(-c4ccccc4)n3)c2c1. The van der Waals surface area contributed by atoms with Crippen LogP contribution in [0.5, 0.6) is 0 Å². The lowest BCUT2D eigenvalue weighted by Gasteiger charge is -2.16. The molecule has 0 radical (unpaired) electrons. The van der Waals surface area contributed by atoms with Crippen LogP contribution in [0.25, 0.3) is 72.8 Å². The van der Waals surface area contributed by atoms with Gasteiger partial charge in [0.05, 0.1) is 33.9 Å². The lowest BCUT2D eigenvalue weighted by Crippen LogP contribution is -2.04. The minimum atomic E-state index is -0.676. The zero-order valence-electron chi connectivity index (χ0n) is 24.8. The summed E-state index contributed by atoms with van der Waals surface area (Å²) >= 11 is 0. The first-order valence-corrected chi connectivity index (χ1v) is 15.0. The fourth-order valence-corrected chi connectivity index (χ4v) is 6.07. The van der Waals surface area contributed by atoms with Gasteiger partial charge in [0, 0.05) is 27.5 Å². The van der Waals surface area contributed by atoms with Crippen LogP contribution < -0.4 is 0 Å². The predicted octanol–water partition coefficient (Wildman–Crippen LogP) is 9.79. The molecule has 0 atom stereocenters. The number of rotatable bonds is 5. The minimum Gasteiger partial charge on any atom is -0.308 e. The molecule has 0 fully saturated rings. The van der Waals surface area contributed by atoms with Crippen molar-refractivity contribution in [2.45, 2.75) is 0 Å². The summed E-state index contributed by atoms with van der Waals surface area (Å²) in [4.78, 5) is 14.8. The van der Waals surface area contributed by atoms with Crippen LogP contribution >= 0.6 is 0 Å². The van der Waals surface area contributed by atoms with Crippen molar-refractivity contribution in [2.75, 3.05) is 0 Å². The molecule has 0 saturated carbocycles. The van der Waals surface area contributed by atoms with E-state index in [1.54, 1.807) is 18.2 Å². The highest BCUT2D eigenvalue weighted by Crippen LogP contribution is 2.39. The molecule has 6 aromatic carbocycles. The number of benzene rings is 6. The number of aromatic nitrogens is 4.